The zero-order chi connectivity index (χ0) is 14.9. The van der Waals surface area contributed by atoms with Gasteiger partial charge in [0.25, 0.3) is 0 Å². The van der Waals surface area contributed by atoms with E-state index in [1.807, 2.05) is 24.4 Å². The van der Waals surface area contributed by atoms with Crippen LogP contribution < -0.4 is 4.74 Å². The predicted molar refractivity (Wildman–Crippen MR) is 91.2 cm³/mol. The maximum absolute atomic E-state index is 5.49. The van der Waals surface area contributed by atoms with Crippen LogP contribution in [-0.2, 0) is 0 Å². The minimum Gasteiger partial charge on any atom is -0.496 e. The molecule has 0 unspecified atom stereocenters. The van der Waals surface area contributed by atoms with Crippen LogP contribution in [0.2, 0.25) is 0 Å². The number of rotatable bonds is 2. The first-order chi connectivity index (χ1) is 10.9. The van der Waals surface area contributed by atoms with Crippen LogP contribution in [0.4, 0.5) is 0 Å². The molecule has 1 heterocycles. The average molecular weight is 285 g/mol. The van der Waals surface area contributed by atoms with E-state index < -0.39 is 0 Å². The summed E-state index contributed by atoms with van der Waals surface area (Å²) in [6.45, 7) is 0. The summed E-state index contributed by atoms with van der Waals surface area (Å²) in [6, 6.07) is 22.8. The van der Waals surface area contributed by atoms with Gasteiger partial charge in [0.2, 0.25) is 0 Å². The third kappa shape index (κ3) is 1.92. The van der Waals surface area contributed by atoms with Gasteiger partial charge in [-0.1, -0.05) is 48.5 Å². The highest BCUT2D eigenvalue weighted by atomic mass is 16.5. The molecular formula is C20H15NO. The molecule has 2 nitrogen and oxygen atoms in total. The fourth-order valence-electron chi connectivity index (χ4n) is 2.99. The molecule has 0 fully saturated rings. The summed E-state index contributed by atoms with van der Waals surface area (Å²) in [6.07, 6.45) is 1.87. The van der Waals surface area contributed by atoms with Gasteiger partial charge in [0.15, 0.2) is 0 Å². The minimum absolute atomic E-state index is 0.889. The van der Waals surface area contributed by atoms with Crippen LogP contribution in [0.1, 0.15) is 0 Å². The van der Waals surface area contributed by atoms with Crippen LogP contribution in [0.15, 0.2) is 72.9 Å². The van der Waals surface area contributed by atoms with E-state index in [0.717, 1.165) is 27.8 Å². The van der Waals surface area contributed by atoms with E-state index in [0.29, 0.717) is 0 Å². The Kier molecular flexibility index (Phi) is 3.01. The predicted octanol–water partition coefficient (Wildman–Crippen LogP) is 5.06. The number of fused-ring (bicyclic) bond motifs is 2. The Morgan fingerprint density at radius 3 is 2.27 bits per heavy atom. The number of nitrogens with zero attached hydrogens (tertiary/aromatic N) is 1. The lowest BCUT2D eigenvalue weighted by atomic mass is 9.98. The van der Waals surface area contributed by atoms with E-state index in [9.17, 15) is 0 Å². The van der Waals surface area contributed by atoms with Gasteiger partial charge >= 0.3 is 0 Å². The zero-order valence-electron chi connectivity index (χ0n) is 12.3. The van der Waals surface area contributed by atoms with Gasteiger partial charge < -0.3 is 4.74 Å². The number of hydrogen-bond donors (Lipinski definition) is 0. The van der Waals surface area contributed by atoms with E-state index in [1.165, 1.54) is 10.8 Å². The molecule has 0 radical (unpaired) electrons. The van der Waals surface area contributed by atoms with Crippen LogP contribution in [0.3, 0.4) is 0 Å². The Morgan fingerprint density at radius 2 is 1.45 bits per heavy atom. The van der Waals surface area contributed by atoms with Crippen LogP contribution in [0, 0.1) is 0 Å². The summed E-state index contributed by atoms with van der Waals surface area (Å²) in [5.74, 6) is 0.889. The van der Waals surface area contributed by atoms with Gasteiger partial charge in [-0.2, -0.15) is 0 Å². The molecule has 0 amide bonds. The molecule has 0 aliphatic carbocycles. The lowest BCUT2D eigenvalue weighted by molar-refractivity contribution is 0.420. The van der Waals surface area contributed by atoms with E-state index in [4.69, 9.17) is 4.74 Å². The van der Waals surface area contributed by atoms with Gasteiger partial charge in [0.05, 0.1) is 12.8 Å². The third-order valence-electron chi connectivity index (χ3n) is 4.03. The monoisotopic (exact) mass is 285 g/mol. The topological polar surface area (TPSA) is 22.1 Å². The quantitative estimate of drug-likeness (QED) is 0.513. The molecule has 106 valence electrons. The maximum Gasteiger partial charge on any atom is 0.126 e. The second-order valence-electron chi connectivity index (χ2n) is 5.24. The van der Waals surface area contributed by atoms with E-state index >= 15 is 0 Å². The van der Waals surface area contributed by atoms with Crippen molar-refractivity contribution in [1.29, 1.82) is 0 Å². The normalized spacial score (nSPS) is 11.0. The number of hydrogen-bond acceptors (Lipinski definition) is 2. The number of benzene rings is 3. The molecule has 0 spiro atoms. The molecule has 4 rings (SSSR count). The number of pyridine rings is 1. The van der Waals surface area contributed by atoms with Crippen LogP contribution >= 0.6 is 0 Å². The second kappa shape index (κ2) is 5.15. The smallest absolute Gasteiger partial charge is 0.126 e. The first-order valence-electron chi connectivity index (χ1n) is 7.28. The molecule has 0 aliphatic heterocycles. The number of ether oxygens (including phenoxy) is 1. The van der Waals surface area contributed by atoms with E-state index in [-0.39, 0.29) is 0 Å². The molecule has 0 saturated carbocycles. The van der Waals surface area contributed by atoms with Crippen molar-refractivity contribution in [1.82, 2.24) is 4.98 Å². The van der Waals surface area contributed by atoms with Crippen molar-refractivity contribution in [3.05, 3.63) is 72.9 Å². The van der Waals surface area contributed by atoms with Crippen molar-refractivity contribution in [2.75, 3.05) is 7.11 Å². The van der Waals surface area contributed by atoms with Gasteiger partial charge in [-0.15, -0.1) is 0 Å². The Hall–Kier alpha value is -2.87. The standard InChI is InChI=1S/C20H15NO/c1-22-19-11-10-18(16-8-4-5-9-17(16)19)20-15-7-3-2-6-14(15)12-13-21-20/h2-13H,1H3. The molecule has 0 saturated heterocycles. The summed E-state index contributed by atoms with van der Waals surface area (Å²) in [4.78, 5) is 4.64. The summed E-state index contributed by atoms with van der Waals surface area (Å²) in [5, 5.41) is 4.63. The molecule has 0 atom stereocenters. The second-order valence-corrected chi connectivity index (χ2v) is 5.24. The molecule has 0 bridgehead atoms. The summed E-state index contributed by atoms with van der Waals surface area (Å²) in [7, 11) is 1.71. The summed E-state index contributed by atoms with van der Waals surface area (Å²) in [5.41, 5.74) is 2.14. The first-order valence-corrected chi connectivity index (χ1v) is 7.28. The molecule has 3 aromatic carbocycles. The van der Waals surface area contributed by atoms with Crippen molar-refractivity contribution >= 4 is 21.5 Å². The Bertz CT molecular complexity index is 970. The Morgan fingerprint density at radius 1 is 0.727 bits per heavy atom. The number of aromatic nitrogens is 1. The van der Waals surface area contributed by atoms with Gasteiger partial charge in [-0.3, -0.25) is 4.98 Å². The van der Waals surface area contributed by atoms with Crippen LogP contribution in [-0.4, -0.2) is 12.1 Å². The summed E-state index contributed by atoms with van der Waals surface area (Å²) >= 11 is 0. The Labute approximate surface area is 129 Å². The molecule has 1 aromatic heterocycles. The van der Waals surface area contributed by atoms with Crippen molar-refractivity contribution < 1.29 is 4.74 Å². The fourth-order valence-corrected chi connectivity index (χ4v) is 2.99. The molecule has 2 heteroatoms. The number of methoxy groups -OCH3 is 1. The lowest BCUT2D eigenvalue weighted by Gasteiger charge is -2.12. The van der Waals surface area contributed by atoms with Crippen molar-refractivity contribution in [2.45, 2.75) is 0 Å². The van der Waals surface area contributed by atoms with Gasteiger partial charge in [-0.05, 0) is 29.0 Å². The van der Waals surface area contributed by atoms with Crippen molar-refractivity contribution in [3.63, 3.8) is 0 Å². The molecule has 0 aliphatic rings. The molecular weight excluding hydrogens is 270 g/mol. The lowest BCUT2D eigenvalue weighted by Crippen LogP contribution is -1.90. The first kappa shape index (κ1) is 12.8. The highest BCUT2D eigenvalue weighted by Crippen LogP contribution is 2.36. The van der Waals surface area contributed by atoms with Crippen LogP contribution in [0.5, 0.6) is 5.75 Å². The van der Waals surface area contributed by atoms with Gasteiger partial charge in [0.1, 0.15) is 5.75 Å². The third-order valence-corrected chi connectivity index (χ3v) is 4.03. The van der Waals surface area contributed by atoms with Gasteiger partial charge in [-0.25, -0.2) is 0 Å². The van der Waals surface area contributed by atoms with E-state index in [2.05, 4.69) is 53.5 Å². The maximum atomic E-state index is 5.49. The largest absolute Gasteiger partial charge is 0.496 e. The highest BCUT2D eigenvalue weighted by molar-refractivity contribution is 6.05. The van der Waals surface area contributed by atoms with Crippen molar-refractivity contribution in [3.8, 4) is 17.0 Å². The molecule has 22 heavy (non-hydrogen) atoms. The van der Waals surface area contributed by atoms with Crippen LogP contribution in [0.25, 0.3) is 32.8 Å². The fraction of sp³-hybridized carbons (Fsp3) is 0.0500. The average Bonchev–Trinajstić information content (AvgIpc) is 2.60. The minimum atomic E-state index is 0.889. The van der Waals surface area contributed by atoms with Gasteiger partial charge in [0, 0.05) is 22.5 Å². The van der Waals surface area contributed by atoms with Crippen molar-refractivity contribution in [2.24, 2.45) is 0 Å². The zero-order valence-corrected chi connectivity index (χ0v) is 12.3. The Balaban J connectivity index is 2.09. The SMILES string of the molecule is COc1ccc(-c2nccc3ccccc23)c2ccccc12. The highest BCUT2D eigenvalue weighted by Gasteiger charge is 2.11. The van der Waals surface area contributed by atoms with E-state index in [1.54, 1.807) is 7.11 Å². The molecule has 4 aromatic rings. The summed E-state index contributed by atoms with van der Waals surface area (Å²) < 4.78 is 5.49. The molecule has 0 N–H and O–H groups in total.